The SMILES string of the molecule is COc1ccc(CCC(=O)Nc2sc(=S)c3c(c2C#N)CCC(C)C3)cc1. The van der Waals surface area contributed by atoms with Crippen molar-refractivity contribution in [2.24, 2.45) is 5.92 Å². The van der Waals surface area contributed by atoms with Crippen molar-refractivity contribution in [3.63, 3.8) is 0 Å². The monoisotopic (exact) mass is 398 g/mol. The summed E-state index contributed by atoms with van der Waals surface area (Å²) in [6.07, 6.45) is 3.81. The normalized spacial score (nSPS) is 15.5. The molecule has 27 heavy (non-hydrogen) atoms. The van der Waals surface area contributed by atoms with Gasteiger partial charge < -0.3 is 10.1 Å². The summed E-state index contributed by atoms with van der Waals surface area (Å²) in [5.41, 5.74) is 3.82. The fourth-order valence-electron chi connectivity index (χ4n) is 3.39. The van der Waals surface area contributed by atoms with Crippen LogP contribution in [0.5, 0.6) is 5.75 Å². The molecule has 6 heteroatoms. The lowest BCUT2D eigenvalue weighted by Gasteiger charge is -2.23. The molecule has 1 N–H and O–H groups in total. The third-order valence-corrected chi connectivity index (χ3v) is 6.38. The summed E-state index contributed by atoms with van der Waals surface area (Å²) in [6.45, 7) is 2.21. The second-order valence-electron chi connectivity index (χ2n) is 6.91. The van der Waals surface area contributed by atoms with Crippen LogP contribution in [-0.4, -0.2) is 13.0 Å². The van der Waals surface area contributed by atoms with Crippen LogP contribution >= 0.6 is 23.6 Å². The Balaban J connectivity index is 1.73. The summed E-state index contributed by atoms with van der Waals surface area (Å²) in [7, 11) is 1.63. The lowest BCUT2D eigenvalue weighted by atomic mass is 9.85. The molecule has 4 nitrogen and oxygen atoms in total. The Morgan fingerprint density at radius 2 is 2.11 bits per heavy atom. The molecule has 1 unspecified atom stereocenters. The first-order chi connectivity index (χ1) is 13.0. The number of amides is 1. The first-order valence-electron chi connectivity index (χ1n) is 9.03. The topological polar surface area (TPSA) is 62.1 Å². The standard InChI is InChI=1S/C21H22N2O2S2/c1-13-3-9-16-17(11-13)21(26)27-20(18(16)12-22)23-19(24)10-6-14-4-7-15(25-2)8-5-14/h4-5,7-8,13H,3,6,9-11H2,1-2H3,(H,23,24). The molecule has 0 aliphatic heterocycles. The van der Waals surface area contributed by atoms with E-state index in [-0.39, 0.29) is 5.91 Å². The molecule has 0 bridgehead atoms. The summed E-state index contributed by atoms with van der Waals surface area (Å²) in [4.78, 5) is 12.4. The van der Waals surface area contributed by atoms with Gasteiger partial charge in [-0.25, -0.2) is 0 Å². The number of nitrogens with one attached hydrogen (secondary N) is 1. The molecule has 2 aromatic rings. The molecule has 0 fully saturated rings. The van der Waals surface area contributed by atoms with E-state index in [1.165, 1.54) is 11.3 Å². The van der Waals surface area contributed by atoms with Gasteiger partial charge in [0.1, 0.15) is 16.8 Å². The maximum Gasteiger partial charge on any atom is 0.225 e. The number of fused-ring (bicyclic) bond motifs is 1. The molecule has 1 amide bonds. The van der Waals surface area contributed by atoms with Crippen molar-refractivity contribution in [2.75, 3.05) is 12.4 Å². The minimum atomic E-state index is -0.0999. The Morgan fingerprint density at radius 1 is 1.37 bits per heavy atom. The highest BCUT2D eigenvalue weighted by Crippen LogP contribution is 2.36. The Hall–Kier alpha value is -2.23. The molecule has 1 atom stereocenters. The number of carbonyl (C=O) groups is 1. The van der Waals surface area contributed by atoms with Crippen LogP contribution in [0.1, 0.15) is 42.0 Å². The molecule has 140 valence electrons. The van der Waals surface area contributed by atoms with Crippen LogP contribution in [-0.2, 0) is 24.1 Å². The third-order valence-electron chi connectivity index (χ3n) is 4.94. The predicted molar refractivity (Wildman–Crippen MR) is 111 cm³/mol. The minimum absolute atomic E-state index is 0.0999. The molecular formula is C21H22N2O2S2. The van der Waals surface area contributed by atoms with Crippen molar-refractivity contribution in [3.05, 3.63) is 50.3 Å². The zero-order valence-electron chi connectivity index (χ0n) is 15.5. The molecule has 0 saturated carbocycles. The fraction of sp³-hybridized carbons (Fsp3) is 0.381. The molecule has 3 rings (SSSR count). The Labute approximate surface area is 168 Å². The van der Waals surface area contributed by atoms with E-state index >= 15 is 0 Å². The molecule has 1 aromatic heterocycles. The molecule has 1 aliphatic carbocycles. The van der Waals surface area contributed by atoms with E-state index in [1.807, 2.05) is 24.3 Å². The van der Waals surface area contributed by atoms with Crippen LogP contribution in [0.3, 0.4) is 0 Å². The summed E-state index contributed by atoms with van der Waals surface area (Å²) in [5.74, 6) is 1.28. The number of aryl methyl sites for hydroxylation is 1. The van der Waals surface area contributed by atoms with Gasteiger partial charge in [0.15, 0.2) is 0 Å². The van der Waals surface area contributed by atoms with Gasteiger partial charge in [0.25, 0.3) is 0 Å². The van der Waals surface area contributed by atoms with Crippen LogP contribution in [0.4, 0.5) is 5.00 Å². The highest BCUT2D eigenvalue weighted by molar-refractivity contribution is 7.73. The van der Waals surface area contributed by atoms with E-state index in [0.717, 1.165) is 45.5 Å². The first-order valence-corrected chi connectivity index (χ1v) is 10.3. The van der Waals surface area contributed by atoms with E-state index in [1.54, 1.807) is 7.11 Å². The number of rotatable bonds is 5. The largest absolute Gasteiger partial charge is 0.497 e. The number of anilines is 1. The van der Waals surface area contributed by atoms with E-state index < -0.39 is 0 Å². The van der Waals surface area contributed by atoms with Gasteiger partial charge in [-0.3, -0.25) is 4.79 Å². The molecular weight excluding hydrogens is 376 g/mol. The molecule has 1 heterocycles. The molecule has 0 radical (unpaired) electrons. The third kappa shape index (κ3) is 4.55. The second kappa shape index (κ2) is 8.64. The number of hydrogen-bond donors (Lipinski definition) is 1. The number of carbonyl (C=O) groups excluding carboxylic acids is 1. The van der Waals surface area contributed by atoms with E-state index in [4.69, 9.17) is 17.0 Å². The summed E-state index contributed by atoms with van der Waals surface area (Å²) in [6, 6.07) is 9.98. The van der Waals surface area contributed by atoms with Crippen LogP contribution in [0, 0.1) is 21.1 Å². The zero-order valence-corrected chi connectivity index (χ0v) is 17.1. The van der Waals surface area contributed by atoms with Crippen LogP contribution in [0.2, 0.25) is 0 Å². The fourth-order valence-corrected chi connectivity index (χ4v) is 4.79. The average molecular weight is 399 g/mol. The minimum Gasteiger partial charge on any atom is -0.497 e. The number of benzene rings is 1. The Bertz CT molecular complexity index is 942. The van der Waals surface area contributed by atoms with E-state index in [0.29, 0.717) is 29.3 Å². The zero-order chi connectivity index (χ0) is 19.4. The average Bonchev–Trinajstić information content (AvgIpc) is 2.67. The maximum absolute atomic E-state index is 12.4. The first kappa shape index (κ1) is 19.5. The highest BCUT2D eigenvalue weighted by atomic mass is 32.1. The lowest BCUT2D eigenvalue weighted by Crippen LogP contribution is -2.17. The van der Waals surface area contributed by atoms with Gasteiger partial charge in [-0.1, -0.05) is 31.3 Å². The maximum atomic E-state index is 12.4. The van der Waals surface area contributed by atoms with Crippen molar-refractivity contribution in [3.8, 4) is 11.8 Å². The second-order valence-corrected chi connectivity index (χ2v) is 8.59. The van der Waals surface area contributed by atoms with Crippen molar-refractivity contribution >= 4 is 34.5 Å². The highest BCUT2D eigenvalue weighted by Gasteiger charge is 2.23. The Morgan fingerprint density at radius 3 is 2.78 bits per heavy atom. The van der Waals surface area contributed by atoms with E-state index in [2.05, 4.69) is 18.3 Å². The molecule has 0 saturated heterocycles. The van der Waals surface area contributed by atoms with Crippen molar-refractivity contribution in [1.82, 2.24) is 0 Å². The van der Waals surface area contributed by atoms with Gasteiger partial charge in [0.2, 0.25) is 5.91 Å². The molecule has 1 aromatic carbocycles. The number of hydrogen-bond acceptors (Lipinski definition) is 5. The van der Waals surface area contributed by atoms with Gasteiger partial charge in [-0.2, -0.15) is 5.26 Å². The number of nitriles is 1. The molecule has 1 aliphatic rings. The van der Waals surface area contributed by atoms with Crippen molar-refractivity contribution in [1.29, 1.82) is 5.26 Å². The van der Waals surface area contributed by atoms with Gasteiger partial charge >= 0.3 is 0 Å². The number of ether oxygens (including phenoxy) is 1. The smallest absolute Gasteiger partial charge is 0.225 e. The number of methoxy groups -OCH3 is 1. The van der Waals surface area contributed by atoms with Crippen LogP contribution in [0.15, 0.2) is 24.3 Å². The summed E-state index contributed by atoms with van der Waals surface area (Å²) < 4.78 is 5.94. The van der Waals surface area contributed by atoms with E-state index in [9.17, 15) is 10.1 Å². The molecule has 0 spiro atoms. The van der Waals surface area contributed by atoms with Gasteiger partial charge in [0.05, 0.1) is 16.5 Å². The van der Waals surface area contributed by atoms with Crippen LogP contribution < -0.4 is 10.1 Å². The Kier molecular flexibility index (Phi) is 6.25. The van der Waals surface area contributed by atoms with Crippen molar-refractivity contribution in [2.45, 2.75) is 39.0 Å². The summed E-state index contributed by atoms with van der Waals surface area (Å²) in [5, 5.41) is 13.2. The van der Waals surface area contributed by atoms with Gasteiger partial charge in [0, 0.05) is 6.42 Å². The quantitative estimate of drug-likeness (QED) is 0.716. The number of nitrogens with zero attached hydrogens (tertiary/aromatic N) is 1. The van der Waals surface area contributed by atoms with Gasteiger partial charge in [-0.05, 0) is 60.4 Å². The lowest BCUT2D eigenvalue weighted by molar-refractivity contribution is -0.116. The van der Waals surface area contributed by atoms with Crippen LogP contribution in [0.25, 0.3) is 0 Å². The van der Waals surface area contributed by atoms with Gasteiger partial charge in [-0.15, -0.1) is 11.3 Å². The summed E-state index contributed by atoms with van der Waals surface area (Å²) >= 11 is 6.89. The predicted octanol–water partition coefficient (Wildman–Crippen LogP) is 5.05. The van der Waals surface area contributed by atoms with Crippen molar-refractivity contribution < 1.29 is 9.53 Å².